The third-order valence-electron chi connectivity index (χ3n) is 6.32. The molecule has 2 N–H and O–H groups in total. The van der Waals surface area contributed by atoms with Gasteiger partial charge in [0.05, 0.1) is 17.6 Å². The predicted molar refractivity (Wildman–Crippen MR) is 82.4 cm³/mol. The summed E-state index contributed by atoms with van der Waals surface area (Å²) in [6.07, 6.45) is 2.55. The van der Waals surface area contributed by atoms with E-state index in [1.165, 1.54) is 12.8 Å². The molecule has 3 unspecified atom stereocenters. The summed E-state index contributed by atoms with van der Waals surface area (Å²) in [6.45, 7) is 0.312. The van der Waals surface area contributed by atoms with Crippen LogP contribution in [0.3, 0.4) is 0 Å². The number of aliphatic hydroxyl groups is 1. The van der Waals surface area contributed by atoms with Crippen LogP contribution in [0.25, 0.3) is 11.0 Å². The van der Waals surface area contributed by atoms with E-state index >= 15 is 0 Å². The number of aryl methyl sites for hydroxylation is 1. The molecule has 21 heavy (non-hydrogen) atoms. The molecule has 0 aliphatic heterocycles. The topological polar surface area (TPSA) is 50.1 Å². The average molecular weight is 304 g/mol. The number of rotatable bonds is 3. The lowest BCUT2D eigenvalue weighted by molar-refractivity contribution is 0.194. The van der Waals surface area contributed by atoms with Gasteiger partial charge in [0.25, 0.3) is 0 Å². The van der Waals surface area contributed by atoms with Crippen LogP contribution in [0.2, 0.25) is 5.02 Å². The van der Waals surface area contributed by atoms with Crippen LogP contribution in [-0.2, 0) is 7.05 Å². The molecular weight excluding hydrogens is 286 g/mol. The molecule has 110 valence electrons. The molecule has 1 aromatic heterocycles. The van der Waals surface area contributed by atoms with Crippen molar-refractivity contribution in [3.63, 3.8) is 0 Å². The van der Waals surface area contributed by atoms with Crippen molar-refractivity contribution < 1.29 is 5.11 Å². The second-order valence-electron chi connectivity index (χ2n) is 6.96. The lowest BCUT2D eigenvalue weighted by atomic mass is 9.98. The molecule has 4 fully saturated rings. The van der Waals surface area contributed by atoms with Crippen LogP contribution in [0.5, 0.6) is 0 Å². The van der Waals surface area contributed by atoms with E-state index in [9.17, 15) is 5.11 Å². The van der Waals surface area contributed by atoms with E-state index in [-0.39, 0.29) is 5.41 Å². The molecule has 2 aromatic rings. The normalized spacial score (nSPS) is 39.2. The Morgan fingerprint density at radius 1 is 1.43 bits per heavy atom. The first kappa shape index (κ1) is 12.3. The number of halogens is 1. The number of aliphatic hydroxyl groups excluding tert-OH is 1. The standard InChI is InChI=1S/C16H18ClN3O/c1-20-13-6-9(17)2-3-12(13)18-15(20)19-14-8-4-10-11(5-8)16(10,14)7-21/h2-3,6,8,10-11,14,21H,4-5,7H2,1H3,(H,18,19). The van der Waals surface area contributed by atoms with E-state index in [1.807, 2.05) is 25.2 Å². The Bertz CT molecular complexity index is 743. The van der Waals surface area contributed by atoms with Crippen molar-refractivity contribution in [1.82, 2.24) is 9.55 Å². The zero-order valence-electron chi connectivity index (χ0n) is 11.9. The van der Waals surface area contributed by atoms with Gasteiger partial charge in [0.2, 0.25) is 5.95 Å². The van der Waals surface area contributed by atoms with Crippen molar-refractivity contribution in [2.75, 3.05) is 11.9 Å². The van der Waals surface area contributed by atoms with Crippen LogP contribution in [0.4, 0.5) is 5.95 Å². The SMILES string of the molecule is Cn1c(NC2C3CC4C(C3)C42CO)nc2ccc(Cl)cc21. The first-order chi connectivity index (χ1) is 10.1. The molecule has 4 saturated carbocycles. The molecule has 3 atom stereocenters. The Balaban J connectivity index is 1.53. The van der Waals surface area contributed by atoms with Gasteiger partial charge in [-0.1, -0.05) is 11.6 Å². The summed E-state index contributed by atoms with van der Waals surface area (Å²) in [6, 6.07) is 6.16. The van der Waals surface area contributed by atoms with Gasteiger partial charge in [-0.2, -0.15) is 0 Å². The van der Waals surface area contributed by atoms with Crippen molar-refractivity contribution in [1.29, 1.82) is 0 Å². The van der Waals surface area contributed by atoms with Gasteiger partial charge in [-0.15, -0.1) is 0 Å². The molecule has 6 rings (SSSR count). The van der Waals surface area contributed by atoms with Crippen LogP contribution in [-0.4, -0.2) is 27.3 Å². The fourth-order valence-electron chi connectivity index (χ4n) is 5.33. The number of nitrogens with one attached hydrogen (secondary N) is 1. The second-order valence-corrected chi connectivity index (χ2v) is 7.40. The zero-order chi connectivity index (χ0) is 14.4. The number of benzene rings is 1. The highest BCUT2D eigenvalue weighted by molar-refractivity contribution is 6.31. The Labute approximate surface area is 128 Å². The van der Waals surface area contributed by atoms with Crippen LogP contribution in [0.1, 0.15) is 12.8 Å². The Hall–Kier alpha value is -1.26. The van der Waals surface area contributed by atoms with Crippen molar-refractivity contribution in [2.24, 2.45) is 30.2 Å². The smallest absolute Gasteiger partial charge is 0.203 e. The summed E-state index contributed by atoms with van der Waals surface area (Å²) >= 11 is 6.08. The molecule has 4 bridgehead atoms. The molecule has 1 aromatic carbocycles. The van der Waals surface area contributed by atoms with E-state index in [0.29, 0.717) is 18.6 Å². The number of fused-ring (bicyclic) bond motifs is 1. The molecule has 4 nitrogen and oxygen atoms in total. The number of anilines is 1. The number of hydrogen-bond donors (Lipinski definition) is 2. The number of imidazole rings is 1. The van der Waals surface area contributed by atoms with Gasteiger partial charge in [-0.05, 0) is 48.8 Å². The summed E-state index contributed by atoms with van der Waals surface area (Å²) < 4.78 is 2.07. The van der Waals surface area contributed by atoms with E-state index < -0.39 is 0 Å². The molecule has 0 spiro atoms. The first-order valence-electron chi connectivity index (χ1n) is 7.64. The van der Waals surface area contributed by atoms with E-state index in [0.717, 1.165) is 33.8 Å². The van der Waals surface area contributed by atoms with Crippen molar-refractivity contribution in [3.8, 4) is 0 Å². The minimum atomic E-state index is 0.139. The van der Waals surface area contributed by atoms with Gasteiger partial charge < -0.3 is 15.0 Å². The van der Waals surface area contributed by atoms with Crippen LogP contribution < -0.4 is 5.32 Å². The van der Waals surface area contributed by atoms with Gasteiger partial charge in [0.1, 0.15) is 0 Å². The lowest BCUT2D eigenvalue weighted by Crippen LogP contribution is -2.33. The van der Waals surface area contributed by atoms with E-state index in [2.05, 4.69) is 9.88 Å². The zero-order valence-corrected chi connectivity index (χ0v) is 12.6. The highest BCUT2D eigenvalue weighted by Gasteiger charge is 2.79. The monoisotopic (exact) mass is 303 g/mol. The predicted octanol–water partition coefficient (Wildman–Crippen LogP) is 2.66. The summed E-state index contributed by atoms with van der Waals surface area (Å²) in [4.78, 5) is 4.70. The van der Waals surface area contributed by atoms with Crippen molar-refractivity contribution in [2.45, 2.75) is 18.9 Å². The largest absolute Gasteiger partial charge is 0.396 e. The summed E-state index contributed by atoms with van der Waals surface area (Å²) in [5, 5.41) is 14.2. The van der Waals surface area contributed by atoms with Gasteiger partial charge >= 0.3 is 0 Å². The van der Waals surface area contributed by atoms with Crippen molar-refractivity contribution in [3.05, 3.63) is 23.2 Å². The molecule has 0 amide bonds. The van der Waals surface area contributed by atoms with Crippen LogP contribution in [0.15, 0.2) is 18.2 Å². The maximum absolute atomic E-state index is 9.87. The highest BCUT2D eigenvalue weighted by Crippen LogP contribution is 2.79. The third-order valence-corrected chi connectivity index (χ3v) is 6.56. The van der Waals surface area contributed by atoms with Crippen LogP contribution in [0, 0.1) is 23.2 Å². The molecule has 1 heterocycles. The molecule has 4 aliphatic carbocycles. The Morgan fingerprint density at radius 3 is 2.90 bits per heavy atom. The van der Waals surface area contributed by atoms with Gasteiger partial charge in [-0.25, -0.2) is 4.98 Å². The summed E-state index contributed by atoms with van der Waals surface area (Å²) in [5.41, 5.74) is 2.14. The molecule has 0 radical (unpaired) electrons. The maximum atomic E-state index is 9.87. The second kappa shape index (κ2) is 3.73. The van der Waals surface area contributed by atoms with E-state index in [1.54, 1.807) is 0 Å². The van der Waals surface area contributed by atoms with Gasteiger partial charge in [0, 0.05) is 23.5 Å². The summed E-state index contributed by atoms with van der Waals surface area (Å²) in [7, 11) is 2.02. The molecular formula is C16H18ClN3O. The highest BCUT2D eigenvalue weighted by atomic mass is 35.5. The molecule has 5 heteroatoms. The quantitative estimate of drug-likeness (QED) is 0.916. The lowest BCUT2D eigenvalue weighted by Gasteiger charge is -2.23. The number of aromatic nitrogens is 2. The fraction of sp³-hybridized carbons (Fsp3) is 0.562. The molecule has 0 saturated heterocycles. The Morgan fingerprint density at radius 2 is 2.19 bits per heavy atom. The van der Waals surface area contributed by atoms with Crippen molar-refractivity contribution >= 4 is 28.6 Å². The minimum Gasteiger partial charge on any atom is -0.396 e. The third kappa shape index (κ3) is 1.33. The van der Waals surface area contributed by atoms with Gasteiger partial charge in [0.15, 0.2) is 0 Å². The number of hydrogen-bond acceptors (Lipinski definition) is 3. The summed E-state index contributed by atoms with van der Waals surface area (Å²) in [5.74, 6) is 3.09. The minimum absolute atomic E-state index is 0.139. The number of nitrogens with zero attached hydrogens (tertiary/aromatic N) is 2. The maximum Gasteiger partial charge on any atom is 0.203 e. The Kier molecular flexibility index (Phi) is 2.19. The fourth-order valence-corrected chi connectivity index (χ4v) is 5.50. The van der Waals surface area contributed by atoms with Crippen LogP contribution >= 0.6 is 11.6 Å². The molecule has 4 aliphatic rings. The van der Waals surface area contributed by atoms with E-state index in [4.69, 9.17) is 16.6 Å². The average Bonchev–Trinajstić information content (AvgIpc) is 2.94. The first-order valence-corrected chi connectivity index (χ1v) is 8.02. The van der Waals surface area contributed by atoms with Gasteiger partial charge in [-0.3, -0.25) is 0 Å².